The second kappa shape index (κ2) is 7.60. The van der Waals surface area contributed by atoms with E-state index in [-0.39, 0.29) is 18.0 Å². The molecule has 0 aromatic carbocycles. The molecule has 134 valence electrons. The summed E-state index contributed by atoms with van der Waals surface area (Å²) in [5.41, 5.74) is 0.706. The van der Waals surface area contributed by atoms with Crippen LogP contribution < -0.4 is 5.32 Å². The third kappa shape index (κ3) is 4.33. The van der Waals surface area contributed by atoms with Crippen LogP contribution in [0.15, 0.2) is 29.0 Å². The SMILES string of the molecule is CC(C)c1nc(CN(C)[C@H]2CCN(C(=O)Nc3cccnc3)C2)no1. The Kier molecular flexibility index (Phi) is 5.28. The minimum absolute atomic E-state index is 0.0921. The fourth-order valence-corrected chi connectivity index (χ4v) is 2.84. The van der Waals surface area contributed by atoms with Gasteiger partial charge in [0.15, 0.2) is 5.82 Å². The maximum absolute atomic E-state index is 12.3. The van der Waals surface area contributed by atoms with Crippen LogP contribution in [0.3, 0.4) is 0 Å². The number of nitrogens with one attached hydrogen (secondary N) is 1. The van der Waals surface area contributed by atoms with E-state index in [1.54, 1.807) is 18.5 Å². The van der Waals surface area contributed by atoms with E-state index in [1.165, 1.54) is 0 Å². The van der Waals surface area contributed by atoms with Crippen molar-refractivity contribution in [1.82, 2.24) is 24.9 Å². The molecule has 8 heteroatoms. The first-order chi connectivity index (χ1) is 12.0. The van der Waals surface area contributed by atoms with Crippen molar-refractivity contribution in [3.05, 3.63) is 36.2 Å². The maximum Gasteiger partial charge on any atom is 0.321 e. The van der Waals surface area contributed by atoms with Gasteiger partial charge in [0.25, 0.3) is 0 Å². The molecular weight excluding hydrogens is 320 g/mol. The van der Waals surface area contributed by atoms with Gasteiger partial charge in [-0.3, -0.25) is 9.88 Å². The van der Waals surface area contributed by atoms with E-state index in [9.17, 15) is 4.79 Å². The first kappa shape index (κ1) is 17.3. The Morgan fingerprint density at radius 3 is 3.04 bits per heavy atom. The second-order valence-electron chi connectivity index (χ2n) is 6.68. The molecule has 0 unspecified atom stereocenters. The average Bonchev–Trinajstić information content (AvgIpc) is 3.25. The fraction of sp³-hybridized carbons (Fsp3) is 0.529. The number of hydrogen-bond acceptors (Lipinski definition) is 6. The van der Waals surface area contributed by atoms with Crippen molar-refractivity contribution in [2.24, 2.45) is 0 Å². The third-order valence-corrected chi connectivity index (χ3v) is 4.36. The third-order valence-electron chi connectivity index (χ3n) is 4.36. The van der Waals surface area contributed by atoms with Crippen LogP contribution in [0.25, 0.3) is 0 Å². The van der Waals surface area contributed by atoms with E-state index < -0.39 is 0 Å². The maximum atomic E-state index is 12.3. The lowest BCUT2D eigenvalue weighted by atomic mass is 10.2. The lowest BCUT2D eigenvalue weighted by Gasteiger charge is -2.23. The summed E-state index contributed by atoms with van der Waals surface area (Å²) in [5.74, 6) is 1.57. The van der Waals surface area contributed by atoms with Crippen LogP contribution in [0.1, 0.15) is 37.9 Å². The highest BCUT2D eigenvalue weighted by molar-refractivity contribution is 5.89. The predicted octanol–water partition coefficient (Wildman–Crippen LogP) is 2.33. The molecule has 2 amide bonds. The van der Waals surface area contributed by atoms with Crippen LogP contribution in [0.2, 0.25) is 0 Å². The highest BCUT2D eigenvalue weighted by Gasteiger charge is 2.29. The van der Waals surface area contributed by atoms with Crippen LogP contribution in [-0.2, 0) is 6.54 Å². The van der Waals surface area contributed by atoms with Crippen molar-refractivity contribution in [3.63, 3.8) is 0 Å². The topological polar surface area (TPSA) is 87.4 Å². The van der Waals surface area contributed by atoms with Gasteiger partial charge in [0.2, 0.25) is 5.89 Å². The number of pyridine rings is 1. The molecule has 1 aliphatic rings. The summed E-state index contributed by atoms with van der Waals surface area (Å²) >= 11 is 0. The highest BCUT2D eigenvalue weighted by Crippen LogP contribution is 2.18. The summed E-state index contributed by atoms with van der Waals surface area (Å²) in [6.45, 7) is 6.06. The van der Waals surface area contributed by atoms with Crippen molar-refractivity contribution >= 4 is 11.7 Å². The van der Waals surface area contributed by atoms with Gasteiger partial charge in [-0.2, -0.15) is 4.98 Å². The number of likely N-dealkylation sites (tertiary alicyclic amines) is 1. The largest absolute Gasteiger partial charge is 0.339 e. The zero-order chi connectivity index (χ0) is 17.8. The molecule has 0 bridgehead atoms. The molecule has 3 heterocycles. The van der Waals surface area contributed by atoms with Gasteiger partial charge in [-0.15, -0.1) is 0 Å². The monoisotopic (exact) mass is 344 g/mol. The molecule has 0 saturated carbocycles. The normalized spacial score (nSPS) is 17.5. The van der Waals surface area contributed by atoms with Gasteiger partial charge in [0.05, 0.1) is 18.4 Å². The van der Waals surface area contributed by atoms with Crippen molar-refractivity contribution in [2.75, 3.05) is 25.5 Å². The van der Waals surface area contributed by atoms with Crippen LogP contribution in [0, 0.1) is 0 Å². The van der Waals surface area contributed by atoms with Gasteiger partial charge < -0.3 is 14.7 Å². The number of hydrogen-bond donors (Lipinski definition) is 1. The van der Waals surface area contributed by atoms with Crippen molar-refractivity contribution in [1.29, 1.82) is 0 Å². The van der Waals surface area contributed by atoms with E-state index >= 15 is 0 Å². The Labute approximate surface area is 147 Å². The van der Waals surface area contributed by atoms with Crippen LogP contribution in [-0.4, -0.2) is 57.1 Å². The zero-order valence-corrected chi connectivity index (χ0v) is 14.8. The molecule has 8 nitrogen and oxygen atoms in total. The standard InChI is InChI=1S/C17H24N6O2/c1-12(2)16-20-15(21-25-16)11-22(3)14-6-8-23(10-14)17(24)19-13-5-4-7-18-9-13/h4-5,7,9,12,14H,6,8,10-11H2,1-3H3,(H,19,24)/t14-/m0/s1. The summed E-state index contributed by atoms with van der Waals surface area (Å²) in [6, 6.07) is 3.81. The molecule has 1 saturated heterocycles. The molecule has 1 aliphatic heterocycles. The Balaban J connectivity index is 1.52. The van der Waals surface area contributed by atoms with Gasteiger partial charge >= 0.3 is 6.03 Å². The molecule has 2 aromatic rings. The van der Waals surface area contributed by atoms with Gasteiger partial charge in [0, 0.05) is 31.2 Å². The number of aromatic nitrogens is 3. The fourth-order valence-electron chi connectivity index (χ4n) is 2.84. The Morgan fingerprint density at radius 2 is 2.36 bits per heavy atom. The molecular formula is C17H24N6O2. The molecule has 3 rings (SSSR count). The van der Waals surface area contributed by atoms with Crippen LogP contribution in [0.5, 0.6) is 0 Å². The average molecular weight is 344 g/mol. The molecule has 1 N–H and O–H groups in total. The number of carbonyl (C=O) groups is 1. The minimum Gasteiger partial charge on any atom is -0.339 e. The summed E-state index contributed by atoms with van der Waals surface area (Å²) in [7, 11) is 2.03. The van der Waals surface area contributed by atoms with E-state index in [0.29, 0.717) is 30.5 Å². The summed E-state index contributed by atoms with van der Waals surface area (Å²) in [5, 5.41) is 6.91. The zero-order valence-electron chi connectivity index (χ0n) is 14.8. The summed E-state index contributed by atoms with van der Waals surface area (Å²) < 4.78 is 5.25. The van der Waals surface area contributed by atoms with Crippen LogP contribution >= 0.6 is 0 Å². The molecule has 1 atom stereocenters. The molecule has 1 fully saturated rings. The highest BCUT2D eigenvalue weighted by atomic mass is 16.5. The number of nitrogens with zero attached hydrogens (tertiary/aromatic N) is 5. The molecule has 2 aromatic heterocycles. The first-order valence-electron chi connectivity index (χ1n) is 8.51. The van der Waals surface area contributed by atoms with Gasteiger partial charge in [-0.05, 0) is 25.6 Å². The number of carbonyl (C=O) groups excluding carboxylic acids is 1. The quantitative estimate of drug-likeness (QED) is 0.896. The Morgan fingerprint density at radius 1 is 1.52 bits per heavy atom. The van der Waals surface area contributed by atoms with Gasteiger partial charge in [-0.1, -0.05) is 19.0 Å². The lowest BCUT2D eigenvalue weighted by Crippen LogP contribution is -2.38. The van der Waals surface area contributed by atoms with Crippen molar-refractivity contribution < 1.29 is 9.32 Å². The van der Waals surface area contributed by atoms with Gasteiger partial charge in [0.1, 0.15) is 0 Å². The number of anilines is 1. The molecule has 0 aliphatic carbocycles. The van der Waals surface area contributed by atoms with Crippen molar-refractivity contribution in [3.8, 4) is 0 Å². The first-order valence-corrected chi connectivity index (χ1v) is 8.51. The van der Waals surface area contributed by atoms with Gasteiger partial charge in [-0.25, -0.2) is 4.79 Å². The summed E-state index contributed by atoms with van der Waals surface area (Å²) in [4.78, 5) is 24.8. The van der Waals surface area contributed by atoms with E-state index in [0.717, 1.165) is 13.0 Å². The predicted molar refractivity (Wildman–Crippen MR) is 93.1 cm³/mol. The Hall–Kier alpha value is -2.48. The number of urea groups is 1. The van der Waals surface area contributed by atoms with E-state index in [2.05, 4.69) is 25.3 Å². The second-order valence-corrected chi connectivity index (χ2v) is 6.68. The number of rotatable bonds is 5. The van der Waals surface area contributed by atoms with Crippen molar-refractivity contribution in [2.45, 2.75) is 38.8 Å². The number of amides is 2. The minimum atomic E-state index is -0.0921. The molecule has 0 radical (unpaired) electrons. The smallest absolute Gasteiger partial charge is 0.321 e. The Bertz CT molecular complexity index is 702. The van der Waals surface area contributed by atoms with E-state index in [1.807, 2.05) is 31.9 Å². The van der Waals surface area contributed by atoms with Crippen LogP contribution in [0.4, 0.5) is 10.5 Å². The molecule has 25 heavy (non-hydrogen) atoms. The lowest BCUT2D eigenvalue weighted by molar-refractivity contribution is 0.205. The number of likely N-dealkylation sites (N-methyl/N-ethyl adjacent to an activating group) is 1. The van der Waals surface area contributed by atoms with E-state index in [4.69, 9.17) is 4.52 Å². The molecule has 0 spiro atoms. The summed E-state index contributed by atoms with van der Waals surface area (Å²) in [6.07, 6.45) is 4.24.